The number of aromatic amines is 1. The molecule has 0 fully saturated rings. The molecule has 0 amide bonds. The quantitative estimate of drug-likeness (QED) is 0.554. The van der Waals surface area contributed by atoms with Gasteiger partial charge >= 0.3 is 0 Å². The fourth-order valence-electron chi connectivity index (χ4n) is 1.41. The maximum absolute atomic E-state index is 10.5. The molecule has 0 aliphatic carbocycles. The van der Waals surface area contributed by atoms with Crippen molar-refractivity contribution in [1.82, 2.24) is 9.97 Å². The summed E-state index contributed by atoms with van der Waals surface area (Å²) in [7, 11) is 0. The molecule has 2 aromatic rings. The Kier molecular flexibility index (Phi) is 1.73. The highest BCUT2D eigenvalue weighted by atomic mass is 16.6. The molecule has 0 bridgehead atoms. The predicted molar refractivity (Wildman–Crippen MR) is 52.2 cm³/mol. The maximum atomic E-state index is 10.5. The number of hydrogen-bond acceptors (Lipinski definition) is 3. The maximum Gasteiger partial charge on any atom is 0.288 e. The lowest BCUT2D eigenvalue weighted by molar-refractivity contribution is -0.385. The van der Waals surface area contributed by atoms with Crippen molar-refractivity contribution in [2.45, 2.75) is 13.8 Å². The Balaban J connectivity index is 2.76. The van der Waals surface area contributed by atoms with Gasteiger partial charge in [-0.05, 0) is 19.4 Å². The molecule has 72 valence electrons. The second-order valence-corrected chi connectivity index (χ2v) is 3.22. The standard InChI is InChI=1S/C9H9N3O2/c1-5-6(2)11-9-8(5)3-7(4-10-9)12(13)14/h3-4H,1-2H3,(H,10,11). The van der Waals surface area contributed by atoms with E-state index in [1.807, 2.05) is 13.8 Å². The third-order valence-corrected chi connectivity index (χ3v) is 2.36. The third-order valence-electron chi connectivity index (χ3n) is 2.36. The molecule has 5 heteroatoms. The molecule has 0 unspecified atom stereocenters. The fraction of sp³-hybridized carbons (Fsp3) is 0.222. The smallest absolute Gasteiger partial charge is 0.288 e. The highest BCUT2D eigenvalue weighted by molar-refractivity contribution is 5.82. The number of nitrogens with zero attached hydrogens (tertiary/aromatic N) is 2. The first kappa shape index (κ1) is 8.68. The van der Waals surface area contributed by atoms with Crippen LogP contribution in [-0.2, 0) is 0 Å². The van der Waals surface area contributed by atoms with Gasteiger partial charge in [-0.1, -0.05) is 0 Å². The number of aryl methyl sites for hydroxylation is 2. The fourth-order valence-corrected chi connectivity index (χ4v) is 1.41. The molecule has 2 heterocycles. The van der Waals surface area contributed by atoms with Crippen LogP contribution >= 0.6 is 0 Å². The molecular formula is C9H9N3O2. The monoisotopic (exact) mass is 191 g/mol. The van der Waals surface area contributed by atoms with Crippen LogP contribution in [0, 0.1) is 24.0 Å². The summed E-state index contributed by atoms with van der Waals surface area (Å²) in [6, 6.07) is 1.54. The normalized spacial score (nSPS) is 10.7. The van der Waals surface area contributed by atoms with E-state index in [9.17, 15) is 10.1 Å². The summed E-state index contributed by atoms with van der Waals surface area (Å²) >= 11 is 0. The van der Waals surface area contributed by atoms with Crippen molar-refractivity contribution in [2.24, 2.45) is 0 Å². The summed E-state index contributed by atoms with van der Waals surface area (Å²) in [6.07, 6.45) is 1.26. The van der Waals surface area contributed by atoms with Gasteiger partial charge in [0.2, 0.25) is 0 Å². The Morgan fingerprint density at radius 2 is 2.21 bits per heavy atom. The van der Waals surface area contributed by atoms with E-state index in [4.69, 9.17) is 0 Å². The van der Waals surface area contributed by atoms with E-state index in [0.717, 1.165) is 16.6 Å². The van der Waals surface area contributed by atoms with Crippen LogP contribution in [0.4, 0.5) is 5.69 Å². The van der Waals surface area contributed by atoms with E-state index in [1.54, 1.807) is 6.07 Å². The number of nitrogens with one attached hydrogen (secondary N) is 1. The van der Waals surface area contributed by atoms with Gasteiger partial charge in [-0.2, -0.15) is 0 Å². The second kappa shape index (κ2) is 2.80. The molecule has 0 radical (unpaired) electrons. The van der Waals surface area contributed by atoms with Gasteiger partial charge < -0.3 is 4.98 Å². The topological polar surface area (TPSA) is 71.8 Å². The summed E-state index contributed by atoms with van der Waals surface area (Å²) < 4.78 is 0. The summed E-state index contributed by atoms with van der Waals surface area (Å²) in [6.45, 7) is 3.84. The van der Waals surface area contributed by atoms with E-state index in [-0.39, 0.29) is 5.69 Å². The van der Waals surface area contributed by atoms with Gasteiger partial charge in [0.05, 0.1) is 4.92 Å². The molecule has 0 aromatic carbocycles. The summed E-state index contributed by atoms with van der Waals surface area (Å²) in [4.78, 5) is 17.1. The molecule has 0 spiro atoms. The van der Waals surface area contributed by atoms with Crippen LogP contribution in [0.25, 0.3) is 11.0 Å². The Morgan fingerprint density at radius 1 is 1.50 bits per heavy atom. The summed E-state index contributed by atoms with van der Waals surface area (Å²) in [5.74, 6) is 0. The minimum Gasteiger partial charge on any atom is -0.343 e. The summed E-state index contributed by atoms with van der Waals surface area (Å²) in [5.41, 5.74) is 2.73. The highest BCUT2D eigenvalue weighted by Crippen LogP contribution is 2.23. The van der Waals surface area contributed by atoms with E-state index < -0.39 is 4.92 Å². The predicted octanol–water partition coefficient (Wildman–Crippen LogP) is 2.09. The molecule has 1 N–H and O–H groups in total. The van der Waals surface area contributed by atoms with Gasteiger partial charge in [-0.3, -0.25) is 10.1 Å². The van der Waals surface area contributed by atoms with Gasteiger partial charge in [-0.15, -0.1) is 0 Å². The number of nitro groups is 1. The minimum atomic E-state index is -0.436. The van der Waals surface area contributed by atoms with Crippen LogP contribution in [0.5, 0.6) is 0 Å². The van der Waals surface area contributed by atoms with Crippen molar-refractivity contribution in [2.75, 3.05) is 0 Å². The van der Waals surface area contributed by atoms with Crippen molar-refractivity contribution < 1.29 is 4.92 Å². The molecule has 2 rings (SSSR count). The molecular weight excluding hydrogens is 182 g/mol. The molecule has 0 atom stereocenters. The molecule has 2 aromatic heterocycles. The van der Waals surface area contributed by atoms with E-state index in [2.05, 4.69) is 9.97 Å². The first-order chi connectivity index (χ1) is 6.59. The average Bonchev–Trinajstić information content (AvgIpc) is 2.43. The number of H-pyrrole nitrogens is 1. The second-order valence-electron chi connectivity index (χ2n) is 3.22. The zero-order valence-electron chi connectivity index (χ0n) is 7.87. The van der Waals surface area contributed by atoms with Gasteiger partial charge in [0.1, 0.15) is 11.8 Å². The SMILES string of the molecule is Cc1[nH]c2ncc([N+](=O)[O-])cc2c1C. The van der Waals surface area contributed by atoms with Crippen LogP contribution in [0.1, 0.15) is 11.3 Å². The largest absolute Gasteiger partial charge is 0.343 e. The van der Waals surface area contributed by atoms with E-state index in [0.29, 0.717) is 5.65 Å². The molecule has 0 saturated heterocycles. The Hall–Kier alpha value is -1.91. The Labute approximate surface area is 79.9 Å². The number of rotatable bonds is 1. The van der Waals surface area contributed by atoms with Gasteiger partial charge in [0.15, 0.2) is 0 Å². The van der Waals surface area contributed by atoms with Crippen molar-refractivity contribution in [3.8, 4) is 0 Å². The van der Waals surface area contributed by atoms with Crippen LogP contribution in [0.15, 0.2) is 12.3 Å². The Morgan fingerprint density at radius 3 is 2.86 bits per heavy atom. The number of pyridine rings is 1. The first-order valence-electron chi connectivity index (χ1n) is 4.19. The van der Waals surface area contributed by atoms with Crippen LogP contribution < -0.4 is 0 Å². The van der Waals surface area contributed by atoms with Crippen molar-refractivity contribution >= 4 is 16.7 Å². The molecule has 0 saturated carbocycles. The molecule has 0 aliphatic rings. The minimum absolute atomic E-state index is 0.0274. The average molecular weight is 191 g/mol. The van der Waals surface area contributed by atoms with E-state index in [1.165, 1.54) is 6.20 Å². The molecule has 0 aliphatic heterocycles. The van der Waals surface area contributed by atoms with Crippen molar-refractivity contribution in [3.63, 3.8) is 0 Å². The van der Waals surface area contributed by atoms with Crippen LogP contribution in [0.3, 0.4) is 0 Å². The van der Waals surface area contributed by atoms with E-state index >= 15 is 0 Å². The van der Waals surface area contributed by atoms with Crippen LogP contribution in [-0.4, -0.2) is 14.9 Å². The molecule has 14 heavy (non-hydrogen) atoms. The van der Waals surface area contributed by atoms with Gasteiger partial charge in [0.25, 0.3) is 5.69 Å². The van der Waals surface area contributed by atoms with Gasteiger partial charge in [-0.25, -0.2) is 4.98 Å². The van der Waals surface area contributed by atoms with Crippen LogP contribution in [0.2, 0.25) is 0 Å². The number of hydrogen-bond donors (Lipinski definition) is 1. The molecule has 5 nitrogen and oxygen atoms in total. The lowest BCUT2D eigenvalue weighted by atomic mass is 10.2. The lowest BCUT2D eigenvalue weighted by Gasteiger charge is -1.91. The Bertz CT molecular complexity index is 516. The number of aromatic nitrogens is 2. The first-order valence-corrected chi connectivity index (χ1v) is 4.19. The number of fused-ring (bicyclic) bond motifs is 1. The highest BCUT2D eigenvalue weighted by Gasteiger charge is 2.11. The lowest BCUT2D eigenvalue weighted by Crippen LogP contribution is -1.88. The van der Waals surface area contributed by atoms with Gasteiger partial charge in [0, 0.05) is 17.1 Å². The zero-order chi connectivity index (χ0) is 10.3. The third kappa shape index (κ3) is 1.14. The summed E-state index contributed by atoms with van der Waals surface area (Å²) in [5, 5.41) is 11.3. The van der Waals surface area contributed by atoms with Crippen molar-refractivity contribution in [1.29, 1.82) is 0 Å². The van der Waals surface area contributed by atoms with Crippen molar-refractivity contribution in [3.05, 3.63) is 33.6 Å². The zero-order valence-corrected chi connectivity index (χ0v) is 7.87.